The summed E-state index contributed by atoms with van der Waals surface area (Å²) in [5, 5.41) is 7.19. The number of rotatable bonds is 8. The number of nitrogens with one attached hydrogen (secondary N) is 1. The van der Waals surface area contributed by atoms with E-state index in [1.54, 1.807) is 12.1 Å². The van der Waals surface area contributed by atoms with Crippen molar-refractivity contribution in [2.75, 3.05) is 7.05 Å². The molecule has 0 fully saturated rings. The Morgan fingerprint density at radius 2 is 2.19 bits per heavy atom. The SMILES string of the molecule is CCCC(Cc1nc(CSc2ccccc2F)no1)NC. The maximum absolute atomic E-state index is 13.5. The van der Waals surface area contributed by atoms with Gasteiger partial charge in [-0.3, -0.25) is 0 Å². The molecule has 1 aromatic carbocycles. The molecule has 0 saturated carbocycles. The summed E-state index contributed by atoms with van der Waals surface area (Å²) in [5.41, 5.74) is 0. The van der Waals surface area contributed by atoms with Crippen LogP contribution >= 0.6 is 11.8 Å². The molecular formula is C15H20FN3OS. The first kappa shape index (κ1) is 16.0. The number of likely N-dealkylation sites (N-methyl/N-ethyl adjacent to an activating group) is 1. The van der Waals surface area contributed by atoms with Crippen LogP contribution < -0.4 is 5.32 Å². The van der Waals surface area contributed by atoms with Crippen LogP contribution in [0.1, 0.15) is 31.5 Å². The summed E-state index contributed by atoms with van der Waals surface area (Å²) in [6, 6.07) is 7.04. The van der Waals surface area contributed by atoms with Gasteiger partial charge in [0.1, 0.15) is 5.82 Å². The quantitative estimate of drug-likeness (QED) is 0.757. The molecule has 1 heterocycles. The Labute approximate surface area is 128 Å². The number of benzene rings is 1. The Hall–Kier alpha value is -1.40. The molecule has 0 amide bonds. The van der Waals surface area contributed by atoms with E-state index in [2.05, 4.69) is 22.4 Å². The summed E-state index contributed by atoms with van der Waals surface area (Å²) in [6.07, 6.45) is 2.90. The third kappa shape index (κ3) is 4.82. The summed E-state index contributed by atoms with van der Waals surface area (Å²) < 4.78 is 18.8. The molecular weight excluding hydrogens is 289 g/mol. The van der Waals surface area contributed by atoms with Gasteiger partial charge in [-0.2, -0.15) is 4.98 Å². The molecule has 0 spiro atoms. The first-order valence-corrected chi connectivity index (χ1v) is 8.07. The number of halogens is 1. The molecule has 1 unspecified atom stereocenters. The fraction of sp³-hybridized carbons (Fsp3) is 0.467. The Morgan fingerprint density at radius 3 is 2.90 bits per heavy atom. The summed E-state index contributed by atoms with van der Waals surface area (Å²) in [6.45, 7) is 2.15. The van der Waals surface area contributed by atoms with Crippen LogP contribution in [0, 0.1) is 5.82 Å². The Morgan fingerprint density at radius 1 is 1.38 bits per heavy atom. The van der Waals surface area contributed by atoms with Crippen LogP contribution in [0.2, 0.25) is 0 Å². The van der Waals surface area contributed by atoms with E-state index in [9.17, 15) is 4.39 Å². The molecule has 0 aliphatic carbocycles. The highest BCUT2D eigenvalue weighted by Crippen LogP contribution is 2.24. The maximum atomic E-state index is 13.5. The van der Waals surface area contributed by atoms with Crippen LogP contribution in [0.15, 0.2) is 33.7 Å². The molecule has 1 N–H and O–H groups in total. The fourth-order valence-corrected chi connectivity index (χ4v) is 2.83. The average molecular weight is 309 g/mol. The Bertz CT molecular complexity index is 561. The lowest BCUT2D eigenvalue weighted by atomic mass is 10.1. The van der Waals surface area contributed by atoms with Gasteiger partial charge in [-0.05, 0) is 25.6 Å². The molecule has 0 aliphatic rings. The minimum absolute atomic E-state index is 0.218. The molecule has 0 bridgehead atoms. The van der Waals surface area contributed by atoms with Crippen LogP contribution in [0.3, 0.4) is 0 Å². The highest BCUT2D eigenvalue weighted by Gasteiger charge is 2.13. The smallest absolute Gasteiger partial charge is 0.228 e. The standard InChI is InChI=1S/C15H20FN3OS/c1-3-6-11(17-2)9-15-18-14(19-20-15)10-21-13-8-5-4-7-12(13)16/h4-5,7-8,11,17H,3,6,9-10H2,1-2H3. The van der Waals surface area contributed by atoms with Gasteiger partial charge in [0.25, 0.3) is 0 Å². The maximum Gasteiger partial charge on any atom is 0.228 e. The van der Waals surface area contributed by atoms with Crippen molar-refractivity contribution in [1.29, 1.82) is 0 Å². The van der Waals surface area contributed by atoms with Crippen molar-refractivity contribution >= 4 is 11.8 Å². The van der Waals surface area contributed by atoms with Crippen molar-refractivity contribution in [3.8, 4) is 0 Å². The predicted molar refractivity (Wildman–Crippen MR) is 81.7 cm³/mol. The molecule has 2 aromatic rings. The number of thioether (sulfide) groups is 1. The van der Waals surface area contributed by atoms with Crippen molar-refractivity contribution in [3.63, 3.8) is 0 Å². The first-order valence-electron chi connectivity index (χ1n) is 7.09. The van der Waals surface area contributed by atoms with E-state index in [0.29, 0.717) is 28.4 Å². The van der Waals surface area contributed by atoms with Crippen LogP contribution in [0.5, 0.6) is 0 Å². The number of hydrogen-bond acceptors (Lipinski definition) is 5. The lowest BCUT2D eigenvalue weighted by Gasteiger charge is -2.11. The highest BCUT2D eigenvalue weighted by molar-refractivity contribution is 7.98. The van der Waals surface area contributed by atoms with E-state index in [0.717, 1.165) is 19.3 Å². The zero-order valence-electron chi connectivity index (χ0n) is 12.3. The van der Waals surface area contributed by atoms with Crippen molar-refractivity contribution in [1.82, 2.24) is 15.5 Å². The topological polar surface area (TPSA) is 51.0 Å². The van der Waals surface area contributed by atoms with E-state index < -0.39 is 0 Å². The second-order valence-electron chi connectivity index (χ2n) is 4.80. The minimum Gasteiger partial charge on any atom is -0.339 e. The van der Waals surface area contributed by atoms with Crippen LogP contribution in [-0.2, 0) is 12.2 Å². The molecule has 114 valence electrons. The van der Waals surface area contributed by atoms with Gasteiger partial charge < -0.3 is 9.84 Å². The molecule has 1 atom stereocenters. The van der Waals surface area contributed by atoms with Gasteiger partial charge in [0.15, 0.2) is 5.82 Å². The fourth-order valence-electron chi connectivity index (χ4n) is 2.04. The summed E-state index contributed by atoms with van der Waals surface area (Å²) >= 11 is 1.37. The van der Waals surface area contributed by atoms with Crippen molar-refractivity contribution in [2.24, 2.45) is 0 Å². The molecule has 1 aromatic heterocycles. The molecule has 21 heavy (non-hydrogen) atoms. The molecule has 0 aliphatic heterocycles. The molecule has 0 saturated heterocycles. The predicted octanol–water partition coefficient (Wildman–Crippen LogP) is 3.43. The van der Waals surface area contributed by atoms with E-state index >= 15 is 0 Å². The highest BCUT2D eigenvalue weighted by atomic mass is 32.2. The van der Waals surface area contributed by atoms with Gasteiger partial charge in [-0.1, -0.05) is 30.6 Å². The summed E-state index contributed by atoms with van der Waals surface area (Å²) in [4.78, 5) is 4.96. The average Bonchev–Trinajstić information content (AvgIpc) is 2.93. The van der Waals surface area contributed by atoms with Crippen molar-refractivity contribution in [2.45, 2.75) is 42.9 Å². The van der Waals surface area contributed by atoms with Gasteiger partial charge in [0.05, 0.1) is 5.75 Å². The largest absolute Gasteiger partial charge is 0.339 e. The van der Waals surface area contributed by atoms with Crippen molar-refractivity contribution in [3.05, 3.63) is 41.8 Å². The molecule has 6 heteroatoms. The van der Waals surface area contributed by atoms with Crippen LogP contribution in [0.25, 0.3) is 0 Å². The van der Waals surface area contributed by atoms with Gasteiger partial charge in [0, 0.05) is 17.4 Å². The van der Waals surface area contributed by atoms with Crippen LogP contribution in [0.4, 0.5) is 4.39 Å². The third-order valence-electron chi connectivity index (χ3n) is 3.17. The summed E-state index contributed by atoms with van der Waals surface area (Å²) in [7, 11) is 1.94. The zero-order valence-corrected chi connectivity index (χ0v) is 13.1. The van der Waals surface area contributed by atoms with E-state index in [4.69, 9.17) is 4.52 Å². The third-order valence-corrected chi connectivity index (χ3v) is 4.21. The van der Waals surface area contributed by atoms with E-state index in [1.807, 2.05) is 13.1 Å². The Kier molecular flexibility index (Phi) is 6.20. The van der Waals surface area contributed by atoms with E-state index in [1.165, 1.54) is 17.8 Å². The van der Waals surface area contributed by atoms with Gasteiger partial charge in [0.2, 0.25) is 5.89 Å². The number of aromatic nitrogens is 2. The zero-order chi connectivity index (χ0) is 15.1. The van der Waals surface area contributed by atoms with Gasteiger partial charge >= 0.3 is 0 Å². The van der Waals surface area contributed by atoms with Crippen LogP contribution in [-0.4, -0.2) is 23.2 Å². The lowest BCUT2D eigenvalue weighted by Crippen LogP contribution is -2.27. The molecule has 2 rings (SSSR count). The second kappa shape index (κ2) is 8.14. The lowest BCUT2D eigenvalue weighted by molar-refractivity contribution is 0.353. The molecule has 4 nitrogen and oxygen atoms in total. The molecule has 0 radical (unpaired) electrons. The normalized spacial score (nSPS) is 12.5. The minimum atomic E-state index is -0.218. The monoisotopic (exact) mass is 309 g/mol. The van der Waals surface area contributed by atoms with Gasteiger partial charge in [-0.15, -0.1) is 11.8 Å². The summed E-state index contributed by atoms with van der Waals surface area (Å²) in [5.74, 6) is 1.52. The van der Waals surface area contributed by atoms with E-state index in [-0.39, 0.29) is 5.82 Å². The van der Waals surface area contributed by atoms with Gasteiger partial charge in [-0.25, -0.2) is 4.39 Å². The first-order chi connectivity index (χ1) is 10.2. The number of hydrogen-bond donors (Lipinski definition) is 1. The van der Waals surface area contributed by atoms with Crippen molar-refractivity contribution < 1.29 is 8.91 Å². The Balaban J connectivity index is 1.90. The second-order valence-corrected chi connectivity index (χ2v) is 5.82. The number of nitrogens with zero attached hydrogens (tertiary/aromatic N) is 2.